The van der Waals surface area contributed by atoms with Gasteiger partial charge in [-0.3, -0.25) is 0 Å². The van der Waals surface area contributed by atoms with Crippen LogP contribution in [0.1, 0.15) is 38.2 Å². The van der Waals surface area contributed by atoms with Crippen molar-refractivity contribution >= 4 is 0 Å². The normalized spacial score (nSPS) is 25.9. The summed E-state index contributed by atoms with van der Waals surface area (Å²) in [5.41, 5.74) is 1.39. The Labute approximate surface area is 111 Å². The van der Waals surface area contributed by atoms with E-state index in [2.05, 4.69) is 49.5 Å². The topological polar surface area (TPSA) is 21.3 Å². The Hall–Kier alpha value is -0.860. The Balaban J connectivity index is 2.03. The van der Waals surface area contributed by atoms with Crippen molar-refractivity contribution in [3.8, 4) is 0 Å². The highest BCUT2D eigenvalue weighted by Crippen LogP contribution is 2.31. The Morgan fingerprint density at radius 1 is 1.33 bits per heavy atom. The Kier molecular flexibility index (Phi) is 5.21. The SMILES string of the molecule is CCNCC1CCCOC1C(C)c1ccccc1. The molecule has 0 aromatic heterocycles. The van der Waals surface area contributed by atoms with E-state index in [4.69, 9.17) is 4.74 Å². The first-order valence-electron chi connectivity index (χ1n) is 7.20. The smallest absolute Gasteiger partial charge is 0.0681 e. The molecule has 0 saturated carbocycles. The minimum Gasteiger partial charge on any atom is -0.377 e. The summed E-state index contributed by atoms with van der Waals surface area (Å²) in [5, 5.41) is 3.47. The van der Waals surface area contributed by atoms with Crippen LogP contribution in [0.25, 0.3) is 0 Å². The Morgan fingerprint density at radius 3 is 2.83 bits per heavy atom. The number of hydrogen-bond donors (Lipinski definition) is 1. The third-order valence-corrected chi connectivity index (χ3v) is 3.97. The van der Waals surface area contributed by atoms with Crippen LogP contribution in [-0.2, 0) is 4.74 Å². The number of ether oxygens (including phenoxy) is 1. The van der Waals surface area contributed by atoms with Gasteiger partial charge in [-0.1, -0.05) is 44.2 Å². The van der Waals surface area contributed by atoms with Gasteiger partial charge in [0, 0.05) is 19.1 Å². The lowest BCUT2D eigenvalue weighted by atomic mass is 9.83. The van der Waals surface area contributed by atoms with Gasteiger partial charge in [0.25, 0.3) is 0 Å². The fourth-order valence-corrected chi connectivity index (χ4v) is 2.91. The zero-order valence-corrected chi connectivity index (χ0v) is 11.6. The molecule has 100 valence electrons. The summed E-state index contributed by atoms with van der Waals surface area (Å²) in [6.45, 7) is 7.51. The predicted octanol–water partition coefficient (Wildman–Crippen LogP) is 3.19. The minimum atomic E-state index is 0.361. The van der Waals surface area contributed by atoms with E-state index in [-0.39, 0.29) is 0 Å². The summed E-state index contributed by atoms with van der Waals surface area (Å²) in [4.78, 5) is 0. The molecule has 0 amide bonds. The molecule has 0 bridgehead atoms. The molecule has 1 aromatic carbocycles. The first kappa shape index (κ1) is 13.6. The predicted molar refractivity (Wildman–Crippen MR) is 75.9 cm³/mol. The third kappa shape index (κ3) is 3.33. The molecule has 0 spiro atoms. The molecular formula is C16H25NO. The van der Waals surface area contributed by atoms with E-state index < -0.39 is 0 Å². The van der Waals surface area contributed by atoms with E-state index in [1.807, 2.05) is 0 Å². The Bertz CT molecular complexity index is 338. The maximum atomic E-state index is 6.06. The first-order valence-corrected chi connectivity index (χ1v) is 7.20. The van der Waals surface area contributed by atoms with Gasteiger partial charge in [-0.2, -0.15) is 0 Å². The van der Waals surface area contributed by atoms with Crippen LogP contribution in [0, 0.1) is 5.92 Å². The highest BCUT2D eigenvalue weighted by atomic mass is 16.5. The fourth-order valence-electron chi connectivity index (χ4n) is 2.91. The van der Waals surface area contributed by atoms with Crippen LogP contribution in [0.15, 0.2) is 30.3 Å². The summed E-state index contributed by atoms with van der Waals surface area (Å²) >= 11 is 0. The van der Waals surface area contributed by atoms with Gasteiger partial charge in [-0.25, -0.2) is 0 Å². The van der Waals surface area contributed by atoms with Crippen molar-refractivity contribution in [1.29, 1.82) is 0 Å². The third-order valence-electron chi connectivity index (χ3n) is 3.97. The van der Waals surface area contributed by atoms with Gasteiger partial charge in [-0.05, 0) is 30.9 Å². The van der Waals surface area contributed by atoms with Crippen LogP contribution < -0.4 is 5.32 Å². The molecule has 2 nitrogen and oxygen atoms in total. The summed E-state index contributed by atoms with van der Waals surface area (Å²) in [5.74, 6) is 1.13. The molecule has 0 aliphatic carbocycles. The standard InChI is InChI=1S/C16H25NO/c1-3-17-12-15-10-7-11-18-16(15)13(2)14-8-5-4-6-9-14/h4-6,8-9,13,15-17H,3,7,10-12H2,1-2H3. The number of nitrogens with one attached hydrogen (secondary N) is 1. The second kappa shape index (κ2) is 6.91. The summed E-state index contributed by atoms with van der Waals surface area (Å²) in [6, 6.07) is 10.7. The number of benzene rings is 1. The van der Waals surface area contributed by atoms with Crippen LogP contribution in [0.3, 0.4) is 0 Å². The molecule has 1 fully saturated rings. The second-order valence-corrected chi connectivity index (χ2v) is 5.24. The molecule has 1 aliphatic rings. The van der Waals surface area contributed by atoms with Crippen LogP contribution in [-0.4, -0.2) is 25.8 Å². The monoisotopic (exact) mass is 247 g/mol. The van der Waals surface area contributed by atoms with Gasteiger partial charge >= 0.3 is 0 Å². The molecule has 1 aliphatic heterocycles. The van der Waals surface area contributed by atoms with Crippen molar-refractivity contribution in [3.05, 3.63) is 35.9 Å². The lowest BCUT2D eigenvalue weighted by Gasteiger charge is -2.36. The molecule has 18 heavy (non-hydrogen) atoms. The second-order valence-electron chi connectivity index (χ2n) is 5.24. The van der Waals surface area contributed by atoms with E-state index in [0.29, 0.717) is 17.9 Å². The quantitative estimate of drug-likeness (QED) is 0.862. The van der Waals surface area contributed by atoms with Gasteiger partial charge in [0.1, 0.15) is 0 Å². The van der Waals surface area contributed by atoms with Crippen molar-refractivity contribution in [2.45, 2.75) is 38.7 Å². The molecule has 1 N–H and O–H groups in total. The van der Waals surface area contributed by atoms with Crippen molar-refractivity contribution in [1.82, 2.24) is 5.32 Å². The van der Waals surface area contributed by atoms with E-state index >= 15 is 0 Å². The molecule has 1 heterocycles. The van der Waals surface area contributed by atoms with Gasteiger partial charge in [0.15, 0.2) is 0 Å². The molecule has 2 heteroatoms. The molecule has 1 aromatic rings. The van der Waals surface area contributed by atoms with Crippen molar-refractivity contribution in [2.75, 3.05) is 19.7 Å². The zero-order valence-electron chi connectivity index (χ0n) is 11.6. The van der Waals surface area contributed by atoms with Crippen molar-refractivity contribution in [3.63, 3.8) is 0 Å². The van der Waals surface area contributed by atoms with Crippen LogP contribution in [0.4, 0.5) is 0 Å². The zero-order chi connectivity index (χ0) is 12.8. The van der Waals surface area contributed by atoms with Gasteiger partial charge < -0.3 is 10.1 Å². The van der Waals surface area contributed by atoms with E-state index in [9.17, 15) is 0 Å². The van der Waals surface area contributed by atoms with E-state index in [0.717, 1.165) is 19.7 Å². The molecule has 0 radical (unpaired) electrons. The largest absolute Gasteiger partial charge is 0.377 e. The summed E-state index contributed by atoms with van der Waals surface area (Å²) in [7, 11) is 0. The maximum Gasteiger partial charge on any atom is 0.0681 e. The summed E-state index contributed by atoms with van der Waals surface area (Å²) in [6.07, 6.45) is 2.85. The first-order chi connectivity index (χ1) is 8.83. The Morgan fingerprint density at radius 2 is 2.11 bits per heavy atom. The van der Waals surface area contributed by atoms with Crippen LogP contribution >= 0.6 is 0 Å². The van der Waals surface area contributed by atoms with Gasteiger partial charge in [-0.15, -0.1) is 0 Å². The maximum absolute atomic E-state index is 6.06. The average molecular weight is 247 g/mol. The fraction of sp³-hybridized carbons (Fsp3) is 0.625. The van der Waals surface area contributed by atoms with Crippen molar-refractivity contribution < 1.29 is 4.74 Å². The molecule has 3 atom stereocenters. The molecule has 1 saturated heterocycles. The highest BCUT2D eigenvalue weighted by molar-refractivity contribution is 5.20. The molecule has 3 unspecified atom stereocenters. The lowest BCUT2D eigenvalue weighted by Crippen LogP contribution is -2.39. The average Bonchev–Trinajstić information content (AvgIpc) is 2.45. The number of rotatable bonds is 5. The van der Waals surface area contributed by atoms with E-state index in [1.54, 1.807) is 0 Å². The highest BCUT2D eigenvalue weighted by Gasteiger charge is 2.30. The molecule has 2 rings (SSSR count). The van der Waals surface area contributed by atoms with Crippen molar-refractivity contribution in [2.24, 2.45) is 5.92 Å². The van der Waals surface area contributed by atoms with Crippen LogP contribution in [0.2, 0.25) is 0 Å². The lowest BCUT2D eigenvalue weighted by molar-refractivity contribution is -0.0383. The summed E-state index contributed by atoms with van der Waals surface area (Å²) < 4.78 is 6.06. The van der Waals surface area contributed by atoms with Gasteiger partial charge in [0.05, 0.1) is 6.10 Å². The van der Waals surface area contributed by atoms with E-state index in [1.165, 1.54) is 18.4 Å². The molecular weight excluding hydrogens is 222 g/mol. The number of hydrogen-bond acceptors (Lipinski definition) is 2. The minimum absolute atomic E-state index is 0.361. The van der Waals surface area contributed by atoms with Gasteiger partial charge in [0.2, 0.25) is 0 Å². The van der Waals surface area contributed by atoms with Crippen LogP contribution in [0.5, 0.6) is 0 Å².